The van der Waals surface area contributed by atoms with Crippen molar-refractivity contribution in [3.8, 4) is 0 Å². The lowest BCUT2D eigenvalue weighted by Gasteiger charge is -2.35. The number of nitrogens with zero attached hydrogens (tertiary/aromatic N) is 4. The van der Waals surface area contributed by atoms with Crippen molar-refractivity contribution < 1.29 is 9.21 Å². The van der Waals surface area contributed by atoms with Gasteiger partial charge in [0.1, 0.15) is 11.4 Å². The van der Waals surface area contributed by atoms with Crippen molar-refractivity contribution in [3.63, 3.8) is 0 Å². The van der Waals surface area contributed by atoms with Crippen molar-refractivity contribution in [1.29, 1.82) is 0 Å². The zero-order valence-electron chi connectivity index (χ0n) is 17.6. The van der Waals surface area contributed by atoms with Crippen molar-refractivity contribution in [3.05, 3.63) is 46.7 Å². The molecule has 6 heteroatoms. The Morgan fingerprint density at radius 1 is 1.24 bits per heavy atom. The molecule has 2 aromatic heterocycles. The minimum atomic E-state index is -0.0643. The minimum absolute atomic E-state index is 0.0378. The summed E-state index contributed by atoms with van der Waals surface area (Å²) in [5.41, 5.74) is 2.85. The molecule has 0 unspecified atom stereocenters. The SMILES string of the molecule is Cc1ccc2oc(C(=O)N3CCn4nc(C5CC5)nc4[C@@H]3CC(C)C)c(C)c2c1. The summed E-state index contributed by atoms with van der Waals surface area (Å²) in [6.07, 6.45) is 3.23. The zero-order valence-corrected chi connectivity index (χ0v) is 17.6. The molecule has 3 heterocycles. The van der Waals surface area contributed by atoms with Crippen LogP contribution in [0, 0.1) is 19.8 Å². The molecule has 1 atom stereocenters. The van der Waals surface area contributed by atoms with Gasteiger partial charge in [0.15, 0.2) is 11.6 Å². The van der Waals surface area contributed by atoms with Crippen molar-refractivity contribution >= 4 is 16.9 Å². The maximum absolute atomic E-state index is 13.6. The van der Waals surface area contributed by atoms with Crippen LogP contribution < -0.4 is 0 Å². The molecule has 6 nitrogen and oxygen atoms in total. The summed E-state index contributed by atoms with van der Waals surface area (Å²) in [5, 5.41) is 5.76. The number of aromatic nitrogens is 3. The van der Waals surface area contributed by atoms with Gasteiger partial charge in [0.2, 0.25) is 0 Å². The highest BCUT2D eigenvalue weighted by Gasteiger charge is 2.38. The van der Waals surface area contributed by atoms with Gasteiger partial charge >= 0.3 is 0 Å². The van der Waals surface area contributed by atoms with Gasteiger partial charge in [-0.3, -0.25) is 4.79 Å². The van der Waals surface area contributed by atoms with Gasteiger partial charge < -0.3 is 9.32 Å². The largest absolute Gasteiger partial charge is 0.451 e. The van der Waals surface area contributed by atoms with Gasteiger partial charge in [-0.25, -0.2) is 9.67 Å². The molecule has 0 saturated heterocycles. The first kappa shape index (κ1) is 18.4. The molecule has 0 spiro atoms. The summed E-state index contributed by atoms with van der Waals surface area (Å²) >= 11 is 0. The predicted octanol–water partition coefficient (Wildman–Crippen LogP) is 4.76. The van der Waals surface area contributed by atoms with E-state index in [0.29, 0.717) is 30.7 Å². The molecular weight excluding hydrogens is 364 g/mol. The molecule has 152 valence electrons. The Bertz CT molecular complexity index is 1090. The van der Waals surface area contributed by atoms with Gasteiger partial charge in [0.05, 0.1) is 12.6 Å². The summed E-state index contributed by atoms with van der Waals surface area (Å²) in [6.45, 7) is 9.73. The third kappa shape index (κ3) is 3.15. The van der Waals surface area contributed by atoms with Gasteiger partial charge in [-0.2, -0.15) is 5.10 Å². The molecule has 1 saturated carbocycles. The molecule has 1 aliphatic heterocycles. The molecule has 29 heavy (non-hydrogen) atoms. The monoisotopic (exact) mass is 392 g/mol. The van der Waals surface area contributed by atoms with Crippen LogP contribution in [0.15, 0.2) is 22.6 Å². The lowest BCUT2D eigenvalue weighted by Crippen LogP contribution is -2.43. The molecular formula is C23H28N4O2. The maximum Gasteiger partial charge on any atom is 0.290 e. The number of rotatable bonds is 4. The number of benzene rings is 1. The van der Waals surface area contributed by atoms with Crippen molar-refractivity contribution in [2.45, 2.75) is 65.5 Å². The predicted molar refractivity (Wildman–Crippen MR) is 111 cm³/mol. The summed E-state index contributed by atoms with van der Waals surface area (Å²) < 4.78 is 8.06. The van der Waals surface area contributed by atoms with E-state index in [9.17, 15) is 4.79 Å². The number of furan rings is 1. The fourth-order valence-electron chi connectivity index (χ4n) is 4.39. The van der Waals surface area contributed by atoms with Crippen LogP contribution >= 0.6 is 0 Å². The molecule has 0 radical (unpaired) electrons. The molecule has 1 fully saturated rings. The molecule has 3 aromatic rings. The lowest BCUT2D eigenvalue weighted by atomic mass is 9.99. The van der Waals surface area contributed by atoms with E-state index in [1.807, 2.05) is 28.6 Å². The van der Waals surface area contributed by atoms with Crippen LogP contribution in [0.25, 0.3) is 11.0 Å². The lowest BCUT2D eigenvalue weighted by molar-refractivity contribution is 0.0547. The summed E-state index contributed by atoms with van der Waals surface area (Å²) in [7, 11) is 0. The molecule has 5 rings (SSSR count). The number of hydrogen-bond donors (Lipinski definition) is 0. The van der Waals surface area contributed by atoms with Gasteiger partial charge in [0, 0.05) is 23.4 Å². The van der Waals surface area contributed by atoms with Crippen molar-refractivity contribution in [2.24, 2.45) is 5.92 Å². The standard InChI is InChI=1S/C23H28N4O2/c1-13(2)11-18-22-24-21(16-6-7-16)25-27(22)10-9-26(18)23(28)20-15(4)17-12-14(3)5-8-19(17)29-20/h5,8,12-13,16,18H,6-7,9-11H2,1-4H3/t18-/m0/s1. The Morgan fingerprint density at radius 2 is 2.03 bits per heavy atom. The first-order valence-electron chi connectivity index (χ1n) is 10.7. The topological polar surface area (TPSA) is 64.2 Å². The van der Waals surface area contributed by atoms with E-state index in [4.69, 9.17) is 14.5 Å². The van der Waals surface area contributed by atoms with Crippen LogP contribution in [0.2, 0.25) is 0 Å². The second-order valence-corrected chi connectivity index (χ2v) is 9.03. The molecule has 2 aliphatic rings. The van der Waals surface area contributed by atoms with E-state index in [0.717, 1.165) is 40.2 Å². The maximum atomic E-state index is 13.6. The third-order valence-corrected chi connectivity index (χ3v) is 6.13. The van der Waals surface area contributed by atoms with E-state index < -0.39 is 0 Å². The smallest absolute Gasteiger partial charge is 0.290 e. The number of hydrogen-bond acceptors (Lipinski definition) is 4. The summed E-state index contributed by atoms with van der Waals surface area (Å²) in [5.74, 6) is 3.27. The molecule has 1 aromatic carbocycles. The van der Waals surface area contributed by atoms with Crippen molar-refractivity contribution in [1.82, 2.24) is 19.7 Å². The molecule has 0 N–H and O–H groups in total. The Kier molecular flexibility index (Phi) is 4.26. The normalized spacial score (nSPS) is 19.2. The van der Waals surface area contributed by atoms with Gasteiger partial charge in [0.25, 0.3) is 5.91 Å². The first-order valence-corrected chi connectivity index (χ1v) is 10.7. The fraction of sp³-hybridized carbons (Fsp3) is 0.522. The van der Waals surface area contributed by atoms with Crippen LogP contribution in [0.4, 0.5) is 0 Å². The number of amides is 1. The molecule has 0 bridgehead atoms. The van der Waals surface area contributed by atoms with Gasteiger partial charge in [-0.05, 0) is 51.2 Å². The minimum Gasteiger partial charge on any atom is -0.451 e. The quantitative estimate of drug-likeness (QED) is 0.642. The zero-order chi connectivity index (χ0) is 20.3. The van der Waals surface area contributed by atoms with E-state index in [2.05, 4.69) is 26.8 Å². The van der Waals surface area contributed by atoms with Crippen LogP contribution in [0.5, 0.6) is 0 Å². The Labute approximate surface area is 170 Å². The second kappa shape index (κ2) is 6.71. The van der Waals surface area contributed by atoms with Crippen molar-refractivity contribution in [2.75, 3.05) is 6.54 Å². The van der Waals surface area contributed by atoms with E-state index in [1.54, 1.807) is 0 Å². The highest BCUT2D eigenvalue weighted by molar-refractivity contribution is 5.99. The third-order valence-electron chi connectivity index (χ3n) is 6.13. The van der Waals surface area contributed by atoms with E-state index in [1.165, 1.54) is 12.8 Å². The number of fused-ring (bicyclic) bond motifs is 2. The molecule has 1 aliphatic carbocycles. The molecule has 1 amide bonds. The highest BCUT2D eigenvalue weighted by atomic mass is 16.3. The average molecular weight is 393 g/mol. The second-order valence-electron chi connectivity index (χ2n) is 9.03. The van der Waals surface area contributed by atoms with Crippen LogP contribution in [-0.4, -0.2) is 32.1 Å². The van der Waals surface area contributed by atoms with E-state index in [-0.39, 0.29) is 11.9 Å². The number of aryl methyl sites for hydroxylation is 2. The van der Waals surface area contributed by atoms with Gasteiger partial charge in [-0.1, -0.05) is 25.5 Å². The summed E-state index contributed by atoms with van der Waals surface area (Å²) in [6, 6.07) is 6.00. The van der Waals surface area contributed by atoms with Crippen LogP contribution in [0.3, 0.4) is 0 Å². The highest BCUT2D eigenvalue weighted by Crippen LogP contribution is 2.40. The van der Waals surface area contributed by atoms with Crippen LogP contribution in [-0.2, 0) is 6.54 Å². The van der Waals surface area contributed by atoms with Gasteiger partial charge in [-0.15, -0.1) is 0 Å². The first-order chi connectivity index (χ1) is 13.9. The average Bonchev–Trinajstić information content (AvgIpc) is 3.36. The number of carbonyl (C=O) groups is 1. The summed E-state index contributed by atoms with van der Waals surface area (Å²) in [4.78, 5) is 20.4. The fourth-order valence-corrected chi connectivity index (χ4v) is 4.39. The Balaban J connectivity index is 1.53. The van der Waals surface area contributed by atoms with Crippen LogP contribution in [0.1, 0.15) is 78.4 Å². The number of carbonyl (C=O) groups excluding carboxylic acids is 1. The Morgan fingerprint density at radius 3 is 2.76 bits per heavy atom. The Hall–Kier alpha value is -2.63. The van der Waals surface area contributed by atoms with E-state index >= 15 is 0 Å².